The summed E-state index contributed by atoms with van der Waals surface area (Å²) >= 11 is 0. The molecule has 1 aliphatic heterocycles. The highest BCUT2D eigenvalue weighted by Crippen LogP contribution is 2.39. The molecular weight excluding hydrogens is 210 g/mol. The third kappa shape index (κ3) is 2.35. The monoisotopic (exact) mass is 227 g/mol. The third-order valence-corrected chi connectivity index (χ3v) is 3.47. The van der Waals surface area contributed by atoms with E-state index in [1.807, 2.05) is 6.92 Å². The first kappa shape index (κ1) is 11.4. The van der Waals surface area contributed by atoms with E-state index in [1.54, 1.807) is 0 Å². The van der Waals surface area contributed by atoms with Crippen LogP contribution in [-0.4, -0.2) is 35.7 Å². The second-order valence-electron chi connectivity index (χ2n) is 4.95. The predicted molar refractivity (Wildman–Crippen MR) is 55.8 cm³/mol. The van der Waals surface area contributed by atoms with Crippen molar-refractivity contribution >= 4 is 11.9 Å². The number of nitrogens with one attached hydrogen (secondary N) is 1. The van der Waals surface area contributed by atoms with Gasteiger partial charge < -0.3 is 15.2 Å². The van der Waals surface area contributed by atoms with Crippen LogP contribution in [0, 0.1) is 11.8 Å². The number of carbonyl (C=O) groups is 2. The molecular formula is C11H17NO4. The SMILES string of the molecule is CC1(NC(=O)C2CC2C(=O)O)CCOCC1. The average Bonchev–Trinajstić information content (AvgIpc) is 2.97. The summed E-state index contributed by atoms with van der Waals surface area (Å²) in [4.78, 5) is 22.4. The molecule has 90 valence electrons. The Bertz CT molecular complexity index is 309. The zero-order chi connectivity index (χ0) is 11.8. The zero-order valence-electron chi connectivity index (χ0n) is 9.36. The minimum atomic E-state index is -0.864. The molecule has 1 heterocycles. The van der Waals surface area contributed by atoms with Gasteiger partial charge in [0.15, 0.2) is 0 Å². The minimum absolute atomic E-state index is 0.114. The van der Waals surface area contributed by atoms with E-state index in [0.717, 1.165) is 12.8 Å². The minimum Gasteiger partial charge on any atom is -0.481 e. The van der Waals surface area contributed by atoms with Gasteiger partial charge in [0, 0.05) is 18.8 Å². The van der Waals surface area contributed by atoms with Crippen LogP contribution in [0.2, 0.25) is 0 Å². The summed E-state index contributed by atoms with van der Waals surface area (Å²) in [5.41, 5.74) is -0.221. The van der Waals surface area contributed by atoms with Gasteiger partial charge in [0.25, 0.3) is 0 Å². The fourth-order valence-corrected chi connectivity index (χ4v) is 2.09. The van der Waals surface area contributed by atoms with E-state index >= 15 is 0 Å². The van der Waals surface area contributed by atoms with Crippen molar-refractivity contribution in [3.05, 3.63) is 0 Å². The van der Waals surface area contributed by atoms with Crippen LogP contribution in [0.5, 0.6) is 0 Å². The summed E-state index contributed by atoms with van der Waals surface area (Å²) in [7, 11) is 0. The Morgan fingerprint density at radius 1 is 1.31 bits per heavy atom. The van der Waals surface area contributed by atoms with Crippen molar-refractivity contribution in [1.29, 1.82) is 0 Å². The fourth-order valence-electron chi connectivity index (χ4n) is 2.09. The van der Waals surface area contributed by atoms with Gasteiger partial charge in [0.1, 0.15) is 0 Å². The number of hydrogen-bond acceptors (Lipinski definition) is 3. The predicted octanol–water partition coefficient (Wildman–Crippen LogP) is 0.392. The molecule has 1 saturated heterocycles. The van der Waals surface area contributed by atoms with Gasteiger partial charge >= 0.3 is 5.97 Å². The van der Waals surface area contributed by atoms with E-state index in [-0.39, 0.29) is 17.4 Å². The maximum absolute atomic E-state index is 11.8. The molecule has 1 amide bonds. The van der Waals surface area contributed by atoms with Crippen LogP contribution in [0.3, 0.4) is 0 Å². The Labute approximate surface area is 94.2 Å². The van der Waals surface area contributed by atoms with Gasteiger partial charge in [-0.1, -0.05) is 0 Å². The standard InChI is InChI=1S/C11H17NO4/c1-11(2-4-16-5-3-11)12-9(13)7-6-8(7)10(14)15/h7-8H,2-6H2,1H3,(H,12,13)(H,14,15). The van der Waals surface area contributed by atoms with Gasteiger partial charge in [-0.2, -0.15) is 0 Å². The number of rotatable bonds is 3. The molecule has 2 fully saturated rings. The third-order valence-electron chi connectivity index (χ3n) is 3.47. The Balaban J connectivity index is 1.85. The Morgan fingerprint density at radius 3 is 2.44 bits per heavy atom. The lowest BCUT2D eigenvalue weighted by Crippen LogP contribution is -2.50. The highest BCUT2D eigenvalue weighted by atomic mass is 16.5. The molecule has 2 atom stereocenters. The lowest BCUT2D eigenvalue weighted by Gasteiger charge is -2.34. The second kappa shape index (κ2) is 4.05. The Morgan fingerprint density at radius 2 is 1.94 bits per heavy atom. The Kier molecular flexibility index (Phi) is 2.88. The Hall–Kier alpha value is -1.10. The normalized spacial score (nSPS) is 31.8. The quantitative estimate of drug-likeness (QED) is 0.731. The summed E-state index contributed by atoms with van der Waals surface area (Å²) in [5.74, 6) is -1.77. The van der Waals surface area contributed by atoms with Crippen LogP contribution >= 0.6 is 0 Å². The molecule has 0 radical (unpaired) electrons. The van der Waals surface area contributed by atoms with Crippen molar-refractivity contribution in [2.45, 2.75) is 31.7 Å². The van der Waals surface area contributed by atoms with Gasteiger partial charge in [0.2, 0.25) is 5.91 Å². The average molecular weight is 227 g/mol. The number of ether oxygens (including phenoxy) is 1. The van der Waals surface area contributed by atoms with Gasteiger partial charge in [-0.15, -0.1) is 0 Å². The lowest BCUT2D eigenvalue weighted by atomic mass is 9.92. The smallest absolute Gasteiger partial charge is 0.307 e. The number of carboxylic acid groups (broad SMARTS) is 1. The lowest BCUT2D eigenvalue weighted by molar-refractivity contribution is -0.140. The summed E-state index contributed by atoms with van der Waals surface area (Å²) in [5, 5.41) is 11.7. The van der Waals surface area contributed by atoms with Crippen LogP contribution < -0.4 is 5.32 Å². The first-order chi connectivity index (χ1) is 7.52. The molecule has 5 nitrogen and oxygen atoms in total. The molecule has 0 aromatic heterocycles. The summed E-state index contributed by atoms with van der Waals surface area (Å²) < 4.78 is 5.24. The number of aliphatic carboxylic acids is 1. The first-order valence-electron chi connectivity index (χ1n) is 5.64. The van der Waals surface area contributed by atoms with Crippen LogP contribution in [0.25, 0.3) is 0 Å². The van der Waals surface area contributed by atoms with E-state index in [2.05, 4.69) is 5.32 Å². The van der Waals surface area contributed by atoms with Gasteiger partial charge in [-0.3, -0.25) is 9.59 Å². The fraction of sp³-hybridized carbons (Fsp3) is 0.818. The number of amides is 1. The highest BCUT2D eigenvalue weighted by molar-refractivity contribution is 5.89. The van der Waals surface area contributed by atoms with Crippen LogP contribution in [0.4, 0.5) is 0 Å². The topological polar surface area (TPSA) is 75.6 Å². The molecule has 0 bridgehead atoms. The number of carbonyl (C=O) groups excluding carboxylic acids is 1. The van der Waals surface area contributed by atoms with E-state index in [4.69, 9.17) is 9.84 Å². The number of carboxylic acids is 1. The van der Waals surface area contributed by atoms with Crippen LogP contribution in [-0.2, 0) is 14.3 Å². The van der Waals surface area contributed by atoms with E-state index in [0.29, 0.717) is 19.6 Å². The number of hydrogen-bond donors (Lipinski definition) is 2. The van der Waals surface area contributed by atoms with Crippen molar-refractivity contribution in [2.75, 3.05) is 13.2 Å². The van der Waals surface area contributed by atoms with Gasteiger partial charge in [-0.05, 0) is 26.2 Å². The zero-order valence-corrected chi connectivity index (χ0v) is 9.36. The molecule has 1 aliphatic carbocycles. The molecule has 0 aromatic rings. The second-order valence-corrected chi connectivity index (χ2v) is 4.95. The van der Waals surface area contributed by atoms with Crippen molar-refractivity contribution in [3.8, 4) is 0 Å². The largest absolute Gasteiger partial charge is 0.481 e. The molecule has 1 saturated carbocycles. The van der Waals surface area contributed by atoms with Crippen LogP contribution in [0.15, 0.2) is 0 Å². The molecule has 2 N–H and O–H groups in total. The van der Waals surface area contributed by atoms with Crippen molar-refractivity contribution in [3.63, 3.8) is 0 Å². The molecule has 0 spiro atoms. The summed E-state index contributed by atoms with van der Waals surface area (Å²) in [6.07, 6.45) is 2.07. The molecule has 2 rings (SSSR count). The molecule has 2 aliphatic rings. The maximum Gasteiger partial charge on any atom is 0.307 e. The molecule has 0 aromatic carbocycles. The van der Waals surface area contributed by atoms with E-state index in [9.17, 15) is 9.59 Å². The molecule has 2 unspecified atom stereocenters. The molecule has 16 heavy (non-hydrogen) atoms. The maximum atomic E-state index is 11.8. The van der Waals surface area contributed by atoms with E-state index < -0.39 is 11.9 Å². The molecule has 5 heteroatoms. The van der Waals surface area contributed by atoms with Crippen molar-refractivity contribution in [2.24, 2.45) is 11.8 Å². The highest BCUT2D eigenvalue weighted by Gasteiger charge is 2.49. The van der Waals surface area contributed by atoms with Crippen LogP contribution in [0.1, 0.15) is 26.2 Å². The summed E-state index contributed by atoms with van der Waals surface area (Å²) in [6, 6.07) is 0. The van der Waals surface area contributed by atoms with E-state index in [1.165, 1.54) is 0 Å². The van der Waals surface area contributed by atoms with Gasteiger partial charge in [-0.25, -0.2) is 0 Å². The van der Waals surface area contributed by atoms with Crippen molar-refractivity contribution in [1.82, 2.24) is 5.32 Å². The summed E-state index contributed by atoms with van der Waals surface area (Å²) in [6.45, 7) is 3.30. The van der Waals surface area contributed by atoms with Gasteiger partial charge in [0.05, 0.1) is 11.8 Å². The first-order valence-corrected chi connectivity index (χ1v) is 5.64. The van der Waals surface area contributed by atoms with Crippen molar-refractivity contribution < 1.29 is 19.4 Å².